The molecule has 1 fully saturated rings. The van der Waals surface area contributed by atoms with Crippen molar-refractivity contribution in [2.24, 2.45) is 0 Å². The average Bonchev–Trinajstić information content (AvgIpc) is 3.45. The van der Waals surface area contributed by atoms with Crippen molar-refractivity contribution in [2.45, 2.75) is 29.5 Å². The van der Waals surface area contributed by atoms with Crippen molar-refractivity contribution in [3.8, 4) is 0 Å². The molecule has 0 heterocycles. The zero-order valence-corrected chi connectivity index (χ0v) is 16.0. The number of carbonyl (C=O) groups excluding carboxylic acids is 1. The Hall–Kier alpha value is -1.83. The molecular weight excluding hydrogens is 368 g/mol. The summed E-state index contributed by atoms with van der Waals surface area (Å²) in [5.41, 5.74) is 1.73. The van der Waals surface area contributed by atoms with Crippen molar-refractivity contribution < 1.29 is 13.2 Å². The molecule has 1 aliphatic rings. The summed E-state index contributed by atoms with van der Waals surface area (Å²) < 4.78 is 26.8. The molecule has 2 N–H and O–H groups in total. The standard InChI is InChI=1S/C19H22N2O3S2/c22-19(20-12-13-25-14-15-4-2-1-3-5-15)16-6-10-18(11-7-16)26(23,24)21-17-8-9-17/h1-7,10-11,17,21H,8-9,12-14H2,(H,20,22). The molecule has 0 aliphatic heterocycles. The monoisotopic (exact) mass is 390 g/mol. The summed E-state index contributed by atoms with van der Waals surface area (Å²) in [6.45, 7) is 0.569. The highest BCUT2D eigenvalue weighted by Gasteiger charge is 2.27. The maximum absolute atomic E-state index is 12.1. The fourth-order valence-corrected chi connectivity index (χ4v) is 4.50. The van der Waals surface area contributed by atoms with Crippen molar-refractivity contribution in [1.29, 1.82) is 0 Å². The zero-order valence-electron chi connectivity index (χ0n) is 14.4. The number of rotatable bonds is 9. The minimum absolute atomic E-state index is 0.0661. The molecule has 7 heteroatoms. The maximum atomic E-state index is 12.1. The van der Waals surface area contributed by atoms with Gasteiger partial charge in [0, 0.05) is 29.7 Å². The molecule has 0 aromatic heterocycles. The van der Waals surface area contributed by atoms with Crippen molar-refractivity contribution in [1.82, 2.24) is 10.0 Å². The highest BCUT2D eigenvalue weighted by atomic mass is 32.2. The quantitative estimate of drug-likeness (QED) is 0.646. The van der Waals surface area contributed by atoms with Gasteiger partial charge in [0.15, 0.2) is 0 Å². The Morgan fingerprint density at radius 2 is 1.73 bits per heavy atom. The van der Waals surface area contributed by atoms with E-state index >= 15 is 0 Å². The SMILES string of the molecule is O=C(NCCSCc1ccccc1)c1ccc(S(=O)(=O)NC2CC2)cc1. The first-order valence-electron chi connectivity index (χ1n) is 8.57. The Kier molecular flexibility index (Phi) is 6.34. The third-order valence-electron chi connectivity index (χ3n) is 3.97. The van der Waals surface area contributed by atoms with Crippen LogP contribution in [-0.2, 0) is 15.8 Å². The molecule has 0 bridgehead atoms. The van der Waals surface area contributed by atoms with E-state index in [4.69, 9.17) is 0 Å². The van der Waals surface area contributed by atoms with Gasteiger partial charge in [0.05, 0.1) is 4.90 Å². The maximum Gasteiger partial charge on any atom is 0.251 e. The van der Waals surface area contributed by atoms with Gasteiger partial charge in [-0.05, 0) is 42.7 Å². The number of carbonyl (C=O) groups is 1. The first-order chi connectivity index (χ1) is 12.5. The molecular formula is C19H22N2O3S2. The van der Waals surface area contributed by atoms with Crippen molar-refractivity contribution in [3.05, 3.63) is 65.7 Å². The van der Waals surface area contributed by atoms with E-state index in [1.165, 1.54) is 17.7 Å². The summed E-state index contributed by atoms with van der Waals surface area (Å²) >= 11 is 1.76. The van der Waals surface area contributed by atoms with Gasteiger partial charge in [-0.3, -0.25) is 4.79 Å². The van der Waals surface area contributed by atoms with Gasteiger partial charge in [0.2, 0.25) is 10.0 Å². The third-order valence-corrected chi connectivity index (χ3v) is 6.54. The highest BCUT2D eigenvalue weighted by Crippen LogP contribution is 2.22. The molecule has 0 atom stereocenters. The molecule has 2 aromatic rings. The Balaban J connectivity index is 1.43. The second-order valence-corrected chi connectivity index (χ2v) is 9.03. The predicted octanol–water partition coefficient (Wildman–Crippen LogP) is 2.79. The number of hydrogen-bond donors (Lipinski definition) is 2. The molecule has 26 heavy (non-hydrogen) atoms. The normalized spacial score (nSPS) is 14.2. The lowest BCUT2D eigenvalue weighted by atomic mass is 10.2. The Morgan fingerprint density at radius 1 is 1.04 bits per heavy atom. The lowest BCUT2D eigenvalue weighted by molar-refractivity contribution is 0.0956. The minimum atomic E-state index is -3.48. The zero-order chi connectivity index (χ0) is 18.4. The largest absolute Gasteiger partial charge is 0.351 e. The fraction of sp³-hybridized carbons (Fsp3) is 0.316. The summed E-state index contributed by atoms with van der Waals surface area (Å²) in [4.78, 5) is 12.3. The van der Waals surface area contributed by atoms with Gasteiger partial charge in [0.25, 0.3) is 5.91 Å². The summed E-state index contributed by atoms with van der Waals surface area (Å²) in [6, 6.07) is 16.3. The first-order valence-corrected chi connectivity index (χ1v) is 11.2. The van der Waals surface area contributed by atoms with E-state index in [1.54, 1.807) is 23.9 Å². The van der Waals surface area contributed by atoms with Crippen LogP contribution in [0.4, 0.5) is 0 Å². The summed E-state index contributed by atoms with van der Waals surface area (Å²) in [5, 5.41) is 2.86. The van der Waals surface area contributed by atoms with Gasteiger partial charge in [-0.1, -0.05) is 30.3 Å². The van der Waals surface area contributed by atoms with Gasteiger partial charge in [-0.25, -0.2) is 13.1 Å². The molecule has 1 amide bonds. The molecule has 1 aliphatic carbocycles. The van der Waals surface area contributed by atoms with Crippen LogP contribution in [0.25, 0.3) is 0 Å². The fourth-order valence-electron chi connectivity index (χ4n) is 2.38. The number of benzene rings is 2. The molecule has 138 valence electrons. The number of sulfonamides is 1. The molecule has 3 rings (SSSR count). The van der Waals surface area contributed by atoms with Crippen molar-refractivity contribution in [2.75, 3.05) is 12.3 Å². The molecule has 0 spiro atoms. The number of thioether (sulfide) groups is 1. The number of amides is 1. The van der Waals surface area contributed by atoms with Gasteiger partial charge in [-0.15, -0.1) is 0 Å². The predicted molar refractivity (Wildman–Crippen MR) is 105 cm³/mol. The van der Waals surface area contributed by atoms with Crippen molar-refractivity contribution in [3.63, 3.8) is 0 Å². The van der Waals surface area contributed by atoms with Crippen LogP contribution in [0.3, 0.4) is 0 Å². The third kappa shape index (κ3) is 5.59. The number of nitrogens with one attached hydrogen (secondary N) is 2. The molecule has 0 saturated heterocycles. The molecule has 5 nitrogen and oxygen atoms in total. The van der Waals surface area contributed by atoms with E-state index in [9.17, 15) is 13.2 Å². The first kappa shape index (κ1) is 18.9. The second-order valence-electron chi connectivity index (χ2n) is 6.21. The average molecular weight is 391 g/mol. The number of hydrogen-bond acceptors (Lipinski definition) is 4. The smallest absolute Gasteiger partial charge is 0.251 e. The Bertz CT molecular complexity index is 833. The van der Waals surface area contributed by atoms with E-state index in [0.29, 0.717) is 12.1 Å². The minimum Gasteiger partial charge on any atom is -0.351 e. The lowest BCUT2D eigenvalue weighted by Gasteiger charge is -2.08. The molecule has 0 radical (unpaired) electrons. The second kappa shape index (κ2) is 8.70. The van der Waals surface area contributed by atoms with Gasteiger partial charge in [0.1, 0.15) is 0 Å². The van der Waals surface area contributed by atoms with Crippen LogP contribution in [0.15, 0.2) is 59.5 Å². The Labute approximate surface area is 158 Å². The van der Waals surface area contributed by atoms with Gasteiger partial charge in [-0.2, -0.15) is 11.8 Å². The lowest BCUT2D eigenvalue weighted by Crippen LogP contribution is -2.27. The van der Waals surface area contributed by atoms with Crippen LogP contribution in [0.1, 0.15) is 28.8 Å². The van der Waals surface area contributed by atoms with Crippen LogP contribution in [-0.4, -0.2) is 32.7 Å². The van der Waals surface area contributed by atoms with Crippen LogP contribution in [0.2, 0.25) is 0 Å². The summed E-state index contributed by atoms with van der Waals surface area (Å²) in [7, 11) is -3.48. The van der Waals surface area contributed by atoms with Crippen LogP contribution in [0, 0.1) is 0 Å². The van der Waals surface area contributed by atoms with Gasteiger partial charge < -0.3 is 5.32 Å². The van der Waals surface area contributed by atoms with Crippen LogP contribution >= 0.6 is 11.8 Å². The molecule has 1 saturated carbocycles. The van der Waals surface area contributed by atoms with Crippen molar-refractivity contribution >= 4 is 27.7 Å². The molecule has 0 unspecified atom stereocenters. The van der Waals surface area contributed by atoms with Crippen LogP contribution < -0.4 is 10.0 Å². The topological polar surface area (TPSA) is 75.3 Å². The van der Waals surface area contributed by atoms with Crippen LogP contribution in [0.5, 0.6) is 0 Å². The van der Waals surface area contributed by atoms with Gasteiger partial charge >= 0.3 is 0 Å². The van der Waals surface area contributed by atoms with E-state index in [0.717, 1.165) is 24.3 Å². The summed E-state index contributed by atoms with van der Waals surface area (Å²) in [5.74, 6) is 1.54. The van der Waals surface area contributed by atoms with E-state index < -0.39 is 10.0 Å². The highest BCUT2D eigenvalue weighted by molar-refractivity contribution is 7.98. The van der Waals surface area contributed by atoms with E-state index in [1.807, 2.05) is 18.2 Å². The van der Waals surface area contributed by atoms with E-state index in [2.05, 4.69) is 22.2 Å². The Morgan fingerprint density at radius 3 is 2.38 bits per heavy atom. The molecule has 2 aromatic carbocycles. The van der Waals surface area contributed by atoms with E-state index in [-0.39, 0.29) is 16.8 Å². The summed E-state index contributed by atoms with van der Waals surface area (Å²) in [6.07, 6.45) is 1.78.